The van der Waals surface area contributed by atoms with Gasteiger partial charge in [0.15, 0.2) is 0 Å². The molecule has 4 heteroatoms. The van der Waals surface area contributed by atoms with Gasteiger partial charge in [-0.15, -0.1) is 0 Å². The smallest absolute Gasteiger partial charge is 0.324 e. The van der Waals surface area contributed by atoms with Crippen molar-refractivity contribution in [1.29, 1.82) is 0 Å². The van der Waals surface area contributed by atoms with Gasteiger partial charge in [-0.05, 0) is 24.3 Å². The maximum Gasteiger partial charge on any atom is 0.324 e. The lowest BCUT2D eigenvalue weighted by molar-refractivity contribution is -0.139. The van der Waals surface area contributed by atoms with E-state index in [1.807, 2.05) is 6.26 Å². The van der Waals surface area contributed by atoms with Crippen molar-refractivity contribution >= 4 is 17.7 Å². The Morgan fingerprint density at radius 2 is 2.60 bits per heavy atom. The molecule has 0 aliphatic heterocycles. The largest absolute Gasteiger partial charge is 0.480 e. The average Bonchev–Trinajstić information content (AvgIpc) is 2.45. The Morgan fingerprint density at radius 1 is 2.00 bits per heavy atom. The lowest BCUT2D eigenvalue weighted by atomic mass is 10.2. The molecule has 0 aromatic rings. The summed E-state index contributed by atoms with van der Waals surface area (Å²) in [5.41, 5.74) is 4.62. The first-order valence-corrected chi connectivity index (χ1v) is 4.52. The van der Waals surface area contributed by atoms with Crippen LogP contribution in [0.25, 0.3) is 0 Å². The van der Waals surface area contributed by atoms with Gasteiger partial charge >= 0.3 is 5.97 Å². The molecular weight excluding hydrogens is 150 g/mol. The molecule has 1 saturated carbocycles. The SMILES string of the molecule is CSCC1C[C@@]1(N)C(=O)O. The molecule has 10 heavy (non-hydrogen) atoms. The minimum atomic E-state index is -0.886. The van der Waals surface area contributed by atoms with Gasteiger partial charge in [0.25, 0.3) is 0 Å². The van der Waals surface area contributed by atoms with Gasteiger partial charge in [0, 0.05) is 0 Å². The molecule has 0 spiro atoms. The predicted octanol–water partition coefficient (Wildman–Crippen LogP) is 0.151. The number of hydrogen-bond donors (Lipinski definition) is 2. The first kappa shape index (κ1) is 7.88. The second kappa shape index (κ2) is 2.43. The second-order valence-electron chi connectivity index (χ2n) is 2.70. The van der Waals surface area contributed by atoms with Gasteiger partial charge < -0.3 is 10.8 Å². The van der Waals surface area contributed by atoms with Crippen molar-refractivity contribution in [3.63, 3.8) is 0 Å². The summed E-state index contributed by atoms with van der Waals surface area (Å²) in [6.45, 7) is 0. The van der Waals surface area contributed by atoms with E-state index < -0.39 is 11.5 Å². The van der Waals surface area contributed by atoms with Gasteiger partial charge in [-0.25, -0.2) is 0 Å². The Kier molecular flexibility index (Phi) is 1.92. The fourth-order valence-corrected chi connectivity index (χ4v) is 1.84. The molecule has 1 fully saturated rings. The first-order chi connectivity index (χ1) is 4.61. The Bertz CT molecular complexity index is 162. The maximum atomic E-state index is 10.4. The van der Waals surface area contributed by atoms with Crippen molar-refractivity contribution in [2.45, 2.75) is 12.0 Å². The number of hydrogen-bond acceptors (Lipinski definition) is 3. The molecule has 1 unspecified atom stereocenters. The van der Waals surface area contributed by atoms with Gasteiger partial charge in [0.05, 0.1) is 0 Å². The Hall–Kier alpha value is -0.220. The second-order valence-corrected chi connectivity index (χ2v) is 3.61. The molecule has 1 aliphatic rings. The molecule has 0 amide bonds. The lowest BCUT2D eigenvalue weighted by Gasteiger charge is -2.02. The van der Waals surface area contributed by atoms with E-state index in [9.17, 15) is 4.79 Å². The van der Waals surface area contributed by atoms with Crippen molar-refractivity contribution in [2.24, 2.45) is 11.7 Å². The highest BCUT2D eigenvalue weighted by Crippen LogP contribution is 2.42. The van der Waals surface area contributed by atoms with Crippen molar-refractivity contribution in [3.8, 4) is 0 Å². The number of nitrogens with two attached hydrogens (primary N) is 1. The zero-order valence-corrected chi connectivity index (χ0v) is 6.65. The van der Waals surface area contributed by atoms with Crippen LogP contribution in [0.15, 0.2) is 0 Å². The van der Waals surface area contributed by atoms with E-state index in [1.165, 1.54) is 0 Å². The zero-order chi connectivity index (χ0) is 7.78. The molecule has 0 heterocycles. The van der Waals surface area contributed by atoms with E-state index in [2.05, 4.69) is 0 Å². The Balaban J connectivity index is 2.40. The van der Waals surface area contributed by atoms with Crippen LogP contribution in [-0.2, 0) is 4.79 Å². The number of carboxylic acid groups (broad SMARTS) is 1. The quantitative estimate of drug-likeness (QED) is 0.618. The predicted molar refractivity (Wildman–Crippen MR) is 41.0 cm³/mol. The number of thioether (sulfide) groups is 1. The summed E-state index contributed by atoms with van der Waals surface area (Å²) in [6.07, 6.45) is 2.60. The molecule has 58 valence electrons. The first-order valence-electron chi connectivity index (χ1n) is 3.12. The van der Waals surface area contributed by atoms with Crippen LogP contribution < -0.4 is 5.73 Å². The van der Waals surface area contributed by atoms with Gasteiger partial charge in [0.2, 0.25) is 0 Å². The third-order valence-corrected chi connectivity index (χ3v) is 2.65. The topological polar surface area (TPSA) is 63.3 Å². The van der Waals surface area contributed by atoms with E-state index in [4.69, 9.17) is 10.8 Å². The highest BCUT2D eigenvalue weighted by atomic mass is 32.2. The van der Waals surface area contributed by atoms with Crippen LogP contribution in [0.2, 0.25) is 0 Å². The molecule has 1 rings (SSSR count). The molecule has 0 aromatic carbocycles. The van der Waals surface area contributed by atoms with Crippen LogP contribution in [0.4, 0.5) is 0 Å². The van der Waals surface area contributed by atoms with Gasteiger partial charge in [-0.1, -0.05) is 0 Å². The fraction of sp³-hybridized carbons (Fsp3) is 0.833. The van der Waals surface area contributed by atoms with Gasteiger partial charge in [-0.3, -0.25) is 4.79 Å². The summed E-state index contributed by atoms with van der Waals surface area (Å²) in [5.74, 6) is 0.203. The Morgan fingerprint density at radius 3 is 2.90 bits per heavy atom. The molecule has 0 bridgehead atoms. The normalized spacial score (nSPS) is 37.6. The molecule has 3 N–H and O–H groups in total. The minimum absolute atomic E-state index is 0.194. The molecule has 2 atom stereocenters. The van der Waals surface area contributed by atoms with Crippen LogP contribution in [-0.4, -0.2) is 28.6 Å². The van der Waals surface area contributed by atoms with E-state index in [0.717, 1.165) is 5.75 Å². The van der Waals surface area contributed by atoms with Crippen LogP contribution in [0.5, 0.6) is 0 Å². The summed E-state index contributed by atoms with van der Waals surface area (Å²) >= 11 is 1.65. The summed E-state index contributed by atoms with van der Waals surface area (Å²) < 4.78 is 0. The van der Waals surface area contributed by atoms with E-state index in [-0.39, 0.29) is 5.92 Å². The highest BCUT2D eigenvalue weighted by Gasteiger charge is 2.56. The van der Waals surface area contributed by atoms with Crippen LogP contribution in [0.3, 0.4) is 0 Å². The van der Waals surface area contributed by atoms with Gasteiger partial charge in [0.1, 0.15) is 5.54 Å². The van der Waals surface area contributed by atoms with Crippen molar-refractivity contribution in [1.82, 2.24) is 0 Å². The standard InChI is InChI=1S/C6H11NO2S/c1-10-3-4-2-6(4,7)5(8)9/h4H,2-3,7H2,1H3,(H,8,9)/t4?,6-/m0/s1. The molecule has 0 aromatic heterocycles. The van der Waals surface area contributed by atoms with Crippen molar-refractivity contribution in [2.75, 3.05) is 12.0 Å². The van der Waals surface area contributed by atoms with E-state index in [1.54, 1.807) is 11.8 Å². The molecule has 3 nitrogen and oxygen atoms in total. The van der Waals surface area contributed by atoms with Gasteiger partial charge in [-0.2, -0.15) is 11.8 Å². The third-order valence-electron chi connectivity index (χ3n) is 1.92. The van der Waals surface area contributed by atoms with E-state index in [0.29, 0.717) is 6.42 Å². The Labute approximate surface area is 64.0 Å². The number of rotatable bonds is 3. The zero-order valence-electron chi connectivity index (χ0n) is 5.83. The van der Waals surface area contributed by atoms with Crippen molar-refractivity contribution in [3.05, 3.63) is 0 Å². The molecule has 0 radical (unpaired) electrons. The highest BCUT2D eigenvalue weighted by molar-refractivity contribution is 7.98. The lowest BCUT2D eigenvalue weighted by Crippen LogP contribution is -2.35. The number of aliphatic carboxylic acids is 1. The number of carboxylic acids is 1. The van der Waals surface area contributed by atoms with Crippen LogP contribution >= 0.6 is 11.8 Å². The maximum absolute atomic E-state index is 10.4. The minimum Gasteiger partial charge on any atom is -0.480 e. The van der Waals surface area contributed by atoms with E-state index >= 15 is 0 Å². The monoisotopic (exact) mass is 161 g/mol. The average molecular weight is 161 g/mol. The summed E-state index contributed by atoms with van der Waals surface area (Å²) in [5, 5.41) is 8.58. The fourth-order valence-electron chi connectivity index (χ4n) is 1.02. The summed E-state index contributed by atoms with van der Waals surface area (Å²) in [7, 11) is 0. The summed E-state index contributed by atoms with van der Waals surface area (Å²) in [4.78, 5) is 10.4. The molecular formula is C6H11NO2S. The summed E-state index contributed by atoms with van der Waals surface area (Å²) in [6, 6.07) is 0. The van der Waals surface area contributed by atoms with Crippen molar-refractivity contribution < 1.29 is 9.90 Å². The third kappa shape index (κ3) is 1.13. The molecule has 0 saturated heterocycles. The van der Waals surface area contributed by atoms with Crippen LogP contribution in [0.1, 0.15) is 6.42 Å². The number of carbonyl (C=O) groups is 1. The van der Waals surface area contributed by atoms with Crippen LogP contribution in [0, 0.1) is 5.92 Å². The molecule has 1 aliphatic carbocycles.